The summed E-state index contributed by atoms with van der Waals surface area (Å²) in [5.41, 5.74) is -3.34. The number of likely N-dealkylation sites (N-methyl/N-ethyl adjacent to an activating group) is 1. The molecule has 1 saturated heterocycles. The molecule has 1 aliphatic rings. The minimum atomic E-state index is -5.20. The summed E-state index contributed by atoms with van der Waals surface area (Å²) >= 11 is 12.8. The first-order valence-corrected chi connectivity index (χ1v) is 17.1. The van der Waals surface area contributed by atoms with Crippen molar-refractivity contribution in [3.63, 3.8) is 0 Å². The van der Waals surface area contributed by atoms with E-state index in [0.717, 1.165) is 12.5 Å². The number of amides is 1. The van der Waals surface area contributed by atoms with Gasteiger partial charge in [0.25, 0.3) is 5.56 Å². The second kappa shape index (κ2) is 13.7. The molecule has 1 fully saturated rings. The van der Waals surface area contributed by atoms with Crippen molar-refractivity contribution in [2.45, 2.75) is 82.4 Å². The number of alkyl halides is 3. The molecule has 17 heteroatoms. The van der Waals surface area contributed by atoms with Gasteiger partial charge in [-0.05, 0) is 76.4 Å². The summed E-state index contributed by atoms with van der Waals surface area (Å²) in [5.74, 6) is -1.08. The van der Waals surface area contributed by atoms with E-state index in [1.54, 1.807) is 20.8 Å². The summed E-state index contributed by atoms with van der Waals surface area (Å²) in [4.78, 5) is 43.6. The molecular weight excluding hydrogens is 688 g/mol. The van der Waals surface area contributed by atoms with Crippen LogP contribution in [-0.2, 0) is 27.5 Å². The Balaban J connectivity index is 1.89. The van der Waals surface area contributed by atoms with Crippen LogP contribution in [-0.4, -0.2) is 72.4 Å². The number of ether oxygens (including phenoxy) is 2. The zero-order chi connectivity index (χ0) is 35.1. The third-order valence-electron chi connectivity index (χ3n) is 7.73. The van der Waals surface area contributed by atoms with Gasteiger partial charge in [-0.3, -0.25) is 9.36 Å². The number of halogens is 5. The van der Waals surface area contributed by atoms with Gasteiger partial charge in [0.1, 0.15) is 11.4 Å². The number of H-pyrrole nitrogens is 1. The van der Waals surface area contributed by atoms with Crippen LogP contribution in [0.25, 0.3) is 10.9 Å². The van der Waals surface area contributed by atoms with Gasteiger partial charge in [0.05, 0.1) is 39.2 Å². The van der Waals surface area contributed by atoms with Gasteiger partial charge in [0.2, 0.25) is 0 Å². The number of carbonyl (C=O) groups excluding carboxylic acids is 1. The smallest absolute Gasteiger partial charge is 0.444 e. The van der Waals surface area contributed by atoms with Crippen LogP contribution in [0.15, 0.2) is 38.8 Å². The van der Waals surface area contributed by atoms with Crippen LogP contribution in [0.4, 0.5) is 18.0 Å². The molecule has 2 aromatic carbocycles. The van der Waals surface area contributed by atoms with Gasteiger partial charge in [-0.25, -0.2) is 18.0 Å². The lowest BCUT2D eigenvalue weighted by Crippen LogP contribution is -2.51. The number of aromatic amines is 1. The Morgan fingerprint density at radius 1 is 1.17 bits per heavy atom. The summed E-state index contributed by atoms with van der Waals surface area (Å²) in [6.45, 7) is 6.50. The van der Waals surface area contributed by atoms with Crippen molar-refractivity contribution in [2.24, 2.45) is 0 Å². The maximum Gasteiger partial charge on any atom is 0.573 e. The molecule has 3 aromatic rings. The Kier molecular flexibility index (Phi) is 10.6. The maximum atomic E-state index is 13.8. The Bertz CT molecular complexity index is 1900. The minimum absolute atomic E-state index is 0.0258. The van der Waals surface area contributed by atoms with Gasteiger partial charge in [-0.1, -0.05) is 30.1 Å². The van der Waals surface area contributed by atoms with Crippen molar-refractivity contribution < 1.29 is 35.9 Å². The number of nitrogens with zero attached hydrogens (tertiary/aromatic N) is 2. The number of carbonyl (C=O) groups is 1. The second-order valence-corrected chi connectivity index (χ2v) is 15.2. The lowest BCUT2D eigenvalue weighted by Gasteiger charge is -2.35. The Morgan fingerprint density at radius 3 is 2.43 bits per heavy atom. The highest BCUT2D eigenvalue weighted by atomic mass is 35.5. The molecule has 47 heavy (non-hydrogen) atoms. The van der Waals surface area contributed by atoms with Crippen molar-refractivity contribution in [2.75, 3.05) is 19.3 Å². The number of hydrogen-bond donors (Lipinski definition) is 2. The van der Waals surface area contributed by atoms with E-state index in [9.17, 15) is 36.0 Å². The molecule has 1 aromatic heterocycles. The number of hydrogen-bond acceptors (Lipinski definition) is 8. The Hall–Kier alpha value is -3.27. The van der Waals surface area contributed by atoms with Crippen molar-refractivity contribution >= 4 is 50.0 Å². The zero-order valence-corrected chi connectivity index (χ0v) is 28.6. The summed E-state index contributed by atoms with van der Waals surface area (Å²) in [5, 5.41) is 2.58. The van der Waals surface area contributed by atoms with E-state index in [1.807, 2.05) is 0 Å². The number of benzene rings is 2. The fraction of sp³-hybridized carbons (Fsp3) is 0.500. The summed E-state index contributed by atoms with van der Waals surface area (Å²) in [6.07, 6.45) is -4.83. The average Bonchev–Trinajstić information content (AvgIpc) is 3.48. The van der Waals surface area contributed by atoms with Crippen LogP contribution >= 0.6 is 23.2 Å². The van der Waals surface area contributed by atoms with Crippen LogP contribution in [0.1, 0.15) is 51.7 Å². The van der Waals surface area contributed by atoms with E-state index < -0.39 is 62.9 Å². The lowest BCUT2D eigenvalue weighted by atomic mass is 9.95. The van der Waals surface area contributed by atoms with E-state index in [1.165, 1.54) is 37.1 Å². The highest BCUT2D eigenvalue weighted by molar-refractivity contribution is 7.91. The fourth-order valence-corrected chi connectivity index (χ4v) is 7.11. The molecule has 2 N–H and O–H groups in total. The number of sulfone groups is 1. The van der Waals surface area contributed by atoms with E-state index >= 15 is 0 Å². The van der Waals surface area contributed by atoms with Crippen molar-refractivity contribution in [1.29, 1.82) is 0 Å². The molecule has 1 aliphatic heterocycles. The van der Waals surface area contributed by atoms with Crippen LogP contribution < -0.4 is 21.3 Å². The predicted molar refractivity (Wildman–Crippen MR) is 171 cm³/mol. The SMILES string of the molecule is CCS(=O)(=O)c1ccc(Cl)cc1Cn1c(=O)[nH]c2c(Cl)c(C[C@@H](C3CCCN3)N(C)C(=O)OC(C)(C)C)c(OC(F)(F)F)cc2c1=O. The molecule has 1 unspecified atom stereocenters. The van der Waals surface area contributed by atoms with Gasteiger partial charge in [0.15, 0.2) is 9.84 Å². The third kappa shape index (κ3) is 8.42. The quantitative estimate of drug-likeness (QED) is 0.305. The van der Waals surface area contributed by atoms with Gasteiger partial charge in [-0.2, -0.15) is 0 Å². The van der Waals surface area contributed by atoms with E-state index in [-0.39, 0.29) is 49.8 Å². The minimum Gasteiger partial charge on any atom is -0.444 e. The summed E-state index contributed by atoms with van der Waals surface area (Å²) in [6, 6.07) is 3.58. The molecular formula is C30H35Cl2F3N4O7S. The first-order valence-electron chi connectivity index (χ1n) is 14.7. The molecule has 258 valence electrons. The van der Waals surface area contributed by atoms with E-state index in [2.05, 4.69) is 15.0 Å². The number of nitrogens with one attached hydrogen (secondary N) is 2. The van der Waals surface area contributed by atoms with Crippen molar-refractivity contribution in [3.8, 4) is 5.75 Å². The first-order chi connectivity index (χ1) is 21.7. The lowest BCUT2D eigenvalue weighted by molar-refractivity contribution is -0.274. The molecule has 1 amide bonds. The first kappa shape index (κ1) is 36.6. The third-order valence-corrected chi connectivity index (χ3v) is 10.2. The van der Waals surface area contributed by atoms with Crippen LogP contribution in [0.3, 0.4) is 0 Å². The molecule has 0 bridgehead atoms. The molecule has 2 atom stereocenters. The van der Waals surface area contributed by atoms with Gasteiger partial charge >= 0.3 is 18.1 Å². The molecule has 0 spiro atoms. The zero-order valence-electron chi connectivity index (χ0n) is 26.3. The topological polar surface area (TPSA) is 140 Å². The predicted octanol–water partition coefficient (Wildman–Crippen LogP) is 5.27. The van der Waals surface area contributed by atoms with Gasteiger partial charge < -0.3 is 24.7 Å². The van der Waals surface area contributed by atoms with E-state index in [4.69, 9.17) is 27.9 Å². The van der Waals surface area contributed by atoms with Gasteiger partial charge in [-0.15, -0.1) is 13.2 Å². The van der Waals surface area contributed by atoms with Crippen molar-refractivity contribution in [1.82, 2.24) is 19.8 Å². The highest BCUT2D eigenvalue weighted by Gasteiger charge is 2.37. The Labute approximate surface area is 278 Å². The van der Waals surface area contributed by atoms with Crippen LogP contribution in [0.2, 0.25) is 10.0 Å². The summed E-state index contributed by atoms with van der Waals surface area (Å²) in [7, 11) is -2.35. The fourth-order valence-electron chi connectivity index (χ4n) is 5.49. The summed E-state index contributed by atoms with van der Waals surface area (Å²) < 4.78 is 77.2. The van der Waals surface area contributed by atoms with E-state index in [0.29, 0.717) is 17.5 Å². The molecule has 2 heterocycles. The normalized spacial score (nSPS) is 16.3. The largest absolute Gasteiger partial charge is 0.573 e. The average molecular weight is 724 g/mol. The second-order valence-electron chi connectivity index (χ2n) is 12.2. The molecule has 11 nitrogen and oxygen atoms in total. The highest BCUT2D eigenvalue weighted by Crippen LogP contribution is 2.38. The molecule has 0 radical (unpaired) electrons. The van der Waals surface area contributed by atoms with Gasteiger partial charge in [0, 0.05) is 23.7 Å². The standard InChI is InChI=1S/C30H35Cl2F3N4O7S/c1-6-47(43,44)23-10-9-17(31)12-16(23)15-39-26(40)19-14-22(45-30(33,34)35)18(24(32)25(19)37-27(39)41)13-21(20-8-7-11-36-20)38(5)28(42)46-29(2,3)4/h9-10,12,14,20-21,36H,6-8,11,13,15H2,1-5H3,(H,37,41)/t20?,21-/m0/s1. The molecule has 0 saturated carbocycles. The van der Waals surface area contributed by atoms with Crippen molar-refractivity contribution in [3.05, 3.63) is 66.3 Å². The maximum absolute atomic E-state index is 13.8. The number of fused-ring (bicyclic) bond motifs is 1. The van der Waals surface area contributed by atoms with Crippen LogP contribution in [0.5, 0.6) is 5.75 Å². The molecule has 0 aliphatic carbocycles. The number of rotatable bonds is 9. The monoisotopic (exact) mass is 722 g/mol. The van der Waals surface area contributed by atoms with Crippen LogP contribution in [0, 0.1) is 0 Å². The molecule has 4 rings (SSSR count). The Morgan fingerprint density at radius 2 is 1.85 bits per heavy atom. The number of aromatic nitrogens is 2.